The molecule has 31 heavy (non-hydrogen) atoms. The van der Waals surface area contributed by atoms with Gasteiger partial charge in [0, 0.05) is 17.9 Å². The molecule has 0 saturated carbocycles. The molecule has 168 valence electrons. The van der Waals surface area contributed by atoms with Crippen molar-refractivity contribution in [2.45, 2.75) is 38.1 Å². The van der Waals surface area contributed by atoms with Crippen LogP contribution in [0, 0.1) is 11.7 Å². The Hall–Kier alpha value is -2.24. The van der Waals surface area contributed by atoms with Gasteiger partial charge < -0.3 is 24.5 Å². The van der Waals surface area contributed by atoms with E-state index >= 15 is 0 Å². The monoisotopic (exact) mass is 498 g/mol. The second kappa shape index (κ2) is 8.03. The number of hydrogen-bond acceptors (Lipinski definition) is 5. The lowest BCUT2D eigenvalue weighted by Gasteiger charge is -2.33. The minimum absolute atomic E-state index is 0.135. The molecule has 2 aliphatic heterocycles. The molecule has 3 heterocycles. The zero-order chi connectivity index (χ0) is 22.5. The lowest BCUT2D eigenvalue weighted by atomic mass is 10.0. The van der Waals surface area contributed by atoms with Gasteiger partial charge in [0.05, 0.1) is 31.3 Å². The van der Waals surface area contributed by atoms with Gasteiger partial charge in [-0.05, 0) is 18.1 Å². The van der Waals surface area contributed by atoms with E-state index < -0.39 is 29.8 Å². The Morgan fingerprint density at radius 3 is 2.68 bits per heavy atom. The first kappa shape index (κ1) is 22.0. The Labute approximate surface area is 186 Å². The summed E-state index contributed by atoms with van der Waals surface area (Å²) < 4.78 is 26.6. The van der Waals surface area contributed by atoms with E-state index in [1.165, 1.54) is 13.1 Å². The highest BCUT2D eigenvalue weighted by Gasteiger charge is 2.53. The number of fused-ring (bicyclic) bond motifs is 1. The van der Waals surface area contributed by atoms with Gasteiger partial charge in [-0.15, -0.1) is 0 Å². The van der Waals surface area contributed by atoms with Crippen molar-refractivity contribution < 1.29 is 28.6 Å². The number of aromatic amines is 1. The highest BCUT2D eigenvalue weighted by molar-refractivity contribution is 9.10. The fourth-order valence-electron chi connectivity index (χ4n) is 4.43. The van der Waals surface area contributed by atoms with Crippen molar-refractivity contribution >= 4 is 39.0 Å². The summed E-state index contributed by atoms with van der Waals surface area (Å²) in [6.45, 7) is 4.52. The number of rotatable bonds is 4. The molecule has 0 bridgehead atoms. The van der Waals surface area contributed by atoms with Crippen LogP contribution in [0.1, 0.15) is 32.1 Å². The number of carbonyl (C=O) groups is 2. The predicted octanol–water partition coefficient (Wildman–Crippen LogP) is 3.12. The fraction of sp³-hybridized carbons (Fsp3) is 0.550. The minimum Gasteiger partial charge on any atom is -0.465 e. The Bertz CT molecular complexity index is 1020. The zero-order valence-electron chi connectivity index (χ0n) is 17.4. The van der Waals surface area contributed by atoms with Gasteiger partial charge in [-0.2, -0.15) is 0 Å². The van der Waals surface area contributed by atoms with Crippen molar-refractivity contribution in [3.05, 3.63) is 28.2 Å². The lowest BCUT2D eigenvalue weighted by Crippen LogP contribution is -2.52. The van der Waals surface area contributed by atoms with Gasteiger partial charge in [-0.3, -0.25) is 9.69 Å². The van der Waals surface area contributed by atoms with E-state index in [1.807, 2.05) is 0 Å². The summed E-state index contributed by atoms with van der Waals surface area (Å²) in [5, 5.41) is 9.47. The SMILES string of the molecule is CC(C)[C@@H](C(=O)N1CC2(C[C@H]1c1nc3c(F)cc(Br)cc3[nH]1)OCCO2)N(C)C(=O)O. The smallest absolute Gasteiger partial charge is 0.407 e. The zero-order valence-corrected chi connectivity index (χ0v) is 19.0. The molecule has 0 radical (unpaired) electrons. The summed E-state index contributed by atoms with van der Waals surface area (Å²) in [4.78, 5) is 35.3. The molecule has 4 rings (SSSR count). The molecule has 9 nitrogen and oxygen atoms in total. The van der Waals surface area contributed by atoms with Crippen LogP contribution in [0.5, 0.6) is 0 Å². The van der Waals surface area contributed by atoms with Crippen molar-refractivity contribution in [1.82, 2.24) is 19.8 Å². The van der Waals surface area contributed by atoms with Crippen LogP contribution in [-0.2, 0) is 14.3 Å². The Balaban J connectivity index is 1.75. The predicted molar refractivity (Wildman–Crippen MR) is 112 cm³/mol. The maximum atomic E-state index is 14.4. The number of carbonyl (C=O) groups excluding carboxylic acids is 1. The number of H-pyrrole nitrogens is 1. The van der Waals surface area contributed by atoms with Crippen molar-refractivity contribution in [3.8, 4) is 0 Å². The molecule has 2 amide bonds. The number of carboxylic acid groups (broad SMARTS) is 1. The van der Waals surface area contributed by atoms with E-state index in [0.717, 1.165) is 4.90 Å². The summed E-state index contributed by atoms with van der Waals surface area (Å²) in [7, 11) is 1.38. The average molecular weight is 499 g/mol. The Kier molecular flexibility index (Phi) is 5.69. The third-order valence-corrected chi connectivity index (χ3v) is 6.29. The van der Waals surface area contributed by atoms with Crippen molar-refractivity contribution in [2.75, 3.05) is 26.8 Å². The van der Waals surface area contributed by atoms with Crippen LogP contribution >= 0.6 is 15.9 Å². The minimum atomic E-state index is -1.19. The highest BCUT2D eigenvalue weighted by Crippen LogP contribution is 2.43. The molecule has 1 aromatic heterocycles. The molecule has 2 N–H and O–H groups in total. The maximum Gasteiger partial charge on any atom is 0.407 e. The van der Waals surface area contributed by atoms with Gasteiger partial charge in [0.15, 0.2) is 11.6 Å². The number of nitrogens with one attached hydrogen (secondary N) is 1. The second-order valence-electron chi connectivity index (χ2n) is 8.28. The number of likely N-dealkylation sites (tertiary alicyclic amines) is 1. The molecule has 2 fully saturated rings. The van der Waals surface area contributed by atoms with Crippen LogP contribution in [0.4, 0.5) is 9.18 Å². The van der Waals surface area contributed by atoms with Gasteiger partial charge in [0.25, 0.3) is 0 Å². The van der Waals surface area contributed by atoms with Gasteiger partial charge in [0.1, 0.15) is 17.4 Å². The van der Waals surface area contributed by atoms with Crippen LogP contribution < -0.4 is 0 Å². The normalized spacial score (nSPS) is 21.4. The van der Waals surface area contributed by atoms with Gasteiger partial charge in [-0.1, -0.05) is 29.8 Å². The van der Waals surface area contributed by atoms with E-state index in [1.54, 1.807) is 24.8 Å². The largest absolute Gasteiger partial charge is 0.465 e. The third-order valence-electron chi connectivity index (χ3n) is 5.83. The summed E-state index contributed by atoms with van der Waals surface area (Å²) in [5.41, 5.74) is 0.661. The van der Waals surface area contributed by atoms with E-state index in [-0.39, 0.29) is 23.9 Å². The topological polar surface area (TPSA) is 108 Å². The molecule has 0 unspecified atom stereocenters. The average Bonchev–Trinajstić information content (AvgIpc) is 3.40. The van der Waals surface area contributed by atoms with Crippen molar-refractivity contribution in [3.63, 3.8) is 0 Å². The first-order chi connectivity index (χ1) is 14.6. The molecule has 1 aromatic carbocycles. The molecule has 11 heteroatoms. The number of hydrogen-bond donors (Lipinski definition) is 2. The number of amides is 2. The fourth-order valence-corrected chi connectivity index (χ4v) is 4.86. The molecular formula is C20H24BrFN4O5. The molecule has 2 atom stereocenters. The van der Waals surface area contributed by atoms with Gasteiger partial charge in [-0.25, -0.2) is 14.2 Å². The molecule has 2 aliphatic rings. The number of likely N-dealkylation sites (N-methyl/N-ethyl adjacent to an activating group) is 1. The van der Waals surface area contributed by atoms with Crippen molar-refractivity contribution in [1.29, 1.82) is 0 Å². The number of aromatic nitrogens is 2. The highest BCUT2D eigenvalue weighted by atomic mass is 79.9. The summed E-state index contributed by atoms with van der Waals surface area (Å²) in [5.74, 6) is -1.71. The van der Waals surface area contributed by atoms with Gasteiger partial charge in [0.2, 0.25) is 5.91 Å². The van der Waals surface area contributed by atoms with E-state index in [0.29, 0.717) is 35.4 Å². The summed E-state index contributed by atoms with van der Waals surface area (Å²) >= 11 is 3.27. The second-order valence-corrected chi connectivity index (χ2v) is 9.20. The maximum absolute atomic E-state index is 14.4. The standard InChI is InChI=1S/C20H24BrFN4O5/c1-10(2)16(25(3)19(28)29)18(27)26-9-20(30-4-5-31-20)8-14(26)17-23-13-7-11(21)6-12(22)15(13)24-17/h6-7,10,14,16H,4-5,8-9H2,1-3H3,(H,23,24)(H,28,29)/t14-,16-/m0/s1. The number of ether oxygens (including phenoxy) is 2. The van der Waals surface area contributed by atoms with Crippen molar-refractivity contribution in [2.24, 2.45) is 5.92 Å². The third kappa shape index (κ3) is 3.90. The summed E-state index contributed by atoms with van der Waals surface area (Å²) in [6, 6.07) is 1.56. The molecule has 2 aromatic rings. The quantitative estimate of drug-likeness (QED) is 0.670. The van der Waals surface area contributed by atoms with Crippen LogP contribution in [0.15, 0.2) is 16.6 Å². The molecular weight excluding hydrogens is 475 g/mol. The van der Waals surface area contributed by atoms with Crippen LogP contribution in [0.3, 0.4) is 0 Å². The Morgan fingerprint density at radius 1 is 1.39 bits per heavy atom. The summed E-state index contributed by atoms with van der Waals surface area (Å²) in [6.07, 6.45) is -0.885. The number of benzene rings is 1. The van der Waals surface area contributed by atoms with E-state index in [2.05, 4.69) is 25.9 Å². The van der Waals surface area contributed by atoms with Crippen LogP contribution in [0.25, 0.3) is 11.0 Å². The number of imidazole rings is 1. The van der Waals surface area contributed by atoms with E-state index in [9.17, 15) is 19.1 Å². The van der Waals surface area contributed by atoms with Crippen LogP contribution in [0.2, 0.25) is 0 Å². The molecule has 0 aliphatic carbocycles. The first-order valence-corrected chi connectivity index (χ1v) is 10.8. The van der Waals surface area contributed by atoms with Gasteiger partial charge >= 0.3 is 6.09 Å². The lowest BCUT2D eigenvalue weighted by molar-refractivity contribution is -0.155. The number of nitrogens with zero attached hydrogens (tertiary/aromatic N) is 3. The number of halogens is 2. The van der Waals surface area contributed by atoms with E-state index in [4.69, 9.17) is 9.47 Å². The molecule has 1 spiro atoms. The Morgan fingerprint density at radius 2 is 2.06 bits per heavy atom. The molecule has 2 saturated heterocycles. The van der Waals surface area contributed by atoms with Crippen LogP contribution in [-0.4, -0.2) is 75.5 Å². The first-order valence-electron chi connectivity index (χ1n) is 10.0.